The fourth-order valence-corrected chi connectivity index (χ4v) is 8.01. The number of carbonyl (C=O) groups excluding carboxylic acids is 2. The minimum absolute atomic E-state index is 0. The summed E-state index contributed by atoms with van der Waals surface area (Å²) in [5.74, 6) is 6.32. The van der Waals surface area contributed by atoms with E-state index in [4.69, 9.17) is 16.8 Å². The van der Waals surface area contributed by atoms with E-state index in [0.717, 1.165) is 56.1 Å². The van der Waals surface area contributed by atoms with Gasteiger partial charge < -0.3 is 50.1 Å². The number of para-hydroxylation sites is 1. The van der Waals surface area contributed by atoms with Gasteiger partial charge in [-0.1, -0.05) is 93.2 Å². The molecular weight excluding hydrogens is 994 g/mol. The SMILES string of the molecule is CC.[CH-]=C(C(=O)NC(C)c1ccc(-c2scnc2C)cc1)N([CH2-])C(=O)C(c1cc(N2CCC(C#Cc3ccc(-c4cc(-c5ccccc5O)nnc4N)cc3)CC2)no1)C(C)C.[CH3-].[CH3-].[Ca+2].[Cs+]. The zero-order valence-electron chi connectivity index (χ0n) is 39.6. The van der Waals surface area contributed by atoms with Crippen LogP contribution in [-0.4, -0.2) is 93.0 Å². The largest absolute Gasteiger partial charge is 2.00 e. The number of rotatable bonds is 11. The Hall–Kier alpha value is -3.47. The summed E-state index contributed by atoms with van der Waals surface area (Å²) >= 11 is 1.58. The first-order valence-electron chi connectivity index (χ1n) is 20.7. The second-order valence-corrected chi connectivity index (χ2v) is 16.1. The van der Waals surface area contributed by atoms with E-state index in [0.29, 0.717) is 41.7 Å². The number of aryl methyl sites for hydroxylation is 1. The van der Waals surface area contributed by atoms with E-state index in [1.165, 1.54) is 0 Å². The fraction of sp³-hybridized carbons (Fsp3) is 0.275. The first kappa shape index (κ1) is 58.7. The van der Waals surface area contributed by atoms with Gasteiger partial charge in [0.15, 0.2) is 17.4 Å². The molecule has 1 aliphatic rings. The van der Waals surface area contributed by atoms with Crippen molar-refractivity contribution < 1.29 is 88.1 Å². The maximum atomic E-state index is 13.8. The third-order valence-corrected chi connectivity index (χ3v) is 11.7. The molecule has 0 bridgehead atoms. The monoisotopic (exact) mass is 1050 g/mol. The van der Waals surface area contributed by atoms with Gasteiger partial charge in [0.05, 0.1) is 27.7 Å². The van der Waals surface area contributed by atoms with Crippen LogP contribution >= 0.6 is 11.3 Å². The molecule has 4 N–H and O–H groups in total. The molecule has 0 radical (unpaired) electrons. The Bertz CT molecular complexity index is 2580. The molecule has 12 nitrogen and oxygen atoms in total. The van der Waals surface area contributed by atoms with Crippen LogP contribution in [0.3, 0.4) is 0 Å². The molecule has 6 aromatic rings. The van der Waals surface area contributed by atoms with Crippen LogP contribution in [0.25, 0.3) is 32.8 Å². The number of hydrogen-bond donors (Lipinski definition) is 3. The average molecular weight is 1050 g/mol. The standard InChI is InChI=1S/C47H46N8O4S.C2H6.2CH3.Ca.Cs/c1-28(2)43(47(58)54(6)31(5)46(57)50-29(3)34-17-19-36(20-18-34)44-30(4)49-27-60-44)41-26-42(53-59-41)55-23-21-33(22-24-55)12-11-32-13-15-35(16-14-32)38-25-39(51-52-45(38)48)37-9-7-8-10-40(37)56;1-2;;;;/h5,7-10,13-20,25-29,33,43,56H,6,21-24H2,1-4H3,(H2,48,52)(H,50,57);1-2H3;2*1H3;;/q-2;;2*-1;+2;+1. The van der Waals surface area contributed by atoms with Crippen molar-refractivity contribution in [1.82, 2.24) is 30.6 Å². The number of phenols is 1. The molecule has 2 atom stereocenters. The minimum atomic E-state index is -0.768. The number of aromatic hydroxyl groups is 1. The molecular formula is C51H58CaCsN8O4S-. The quantitative estimate of drug-likeness (QED) is 0.0539. The smallest absolute Gasteiger partial charge is 0.507 e. The predicted octanol–water partition coefficient (Wildman–Crippen LogP) is 6.89. The predicted molar refractivity (Wildman–Crippen MR) is 264 cm³/mol. The third kappa shape index (κ3) is 14.3. The Morgan fingerprint density at radius 2 is 1.61 bits per heavy atom. The van der Waals surface area contributed by atoms with Crippen molar-refractivity contribution in [2.75, 3.05) is 23.7 Å². The number of benzene rings is 3. The molecule has 15 heteroatoms. The van der Waals surface area contributed by atoms with Crippen LogP contribution in [-0.2, 0) is 9.59 Å². The molecule has 0 aliphatic carbocycles. The van der Waals surface area contributed by atoms with E-state index in [2.05, 4.69) is 49.4 Å². The Morgan fingerprint density at radius 1 is 0.970 bits per heavy atom. The van der Waals surface area contributed by atoms with Crippen molar-refractivity contribution in [1.29, 1.82) is 0 Å². The van der Waals surface area contributed by atoms with Crippen LogP contribution in [0, 0.1) is 59.1 Å². The van der Waals surface area contributed by atoms with Crippen LogP contribution < -0.4 is 84.8 Å². The van der Waals surface area contributed by atoms with Crippen molar-refractivity contribution in [2.24, 2.45) is 11.8 Å². The Labute approximate surface area is 484 Å². The summed E-state index contributed by atoms with van der Waals surface area (Å²) in [7, 11) is 3.85. The molecule has 336 valence electrons. The molecule has 7 rings (SSSR count). The first-order valence-corrected chi connectivity index (χ1v) is 21.6. The number of carbonyl (C=O) groups is 2. The van der Waals surface area contributed by atoms with Crippen LogP contribution in [0.1, 0.15) is 82.0 Å². The van der Waals surface area contributed by atoms with Gasteiger partial charge >= 0.3 is 107 Å². The summed E-state index contributed by atoms with van der Waals surface area (Å²) in [6.45, 7) is 19.3. The number of hydrogen-bond acceptors (Lipinski definition) is 11. The molecule has 2 amide bonds. The number of phenolic OH excluding ortho intramolecular Hbond substituents is 1. The third-order valence-electron chi connectivity index (χ3n) is 10.7. The molecule has 0 spiro atoms. The van der Waals surface area contributed by atoms with Gasteiger partial charge in [0.25, 0.3) is 0 Å². The van der Waals surface area contributed by atoms with Crippen molar-refractivity contribution >= 4 is 72.5 Å². The van der Waals surface area contributed by atoms with Crippen LogP contribution in [0.4, 0.5) is 11.6 Å². The van der Waals surface area contributed by atoms with Gasteiger partial charge in [0.2, 0.25) is 5.91 Å². The Kier molecular flexibility index (Phi) is 24.4. The number of nitrogen functional groups attached to an aromatic ring is 1. The molecule has 4 heterocycles. The molecule has 1 saturated heterocycles. The van der Waals surface area contributed by atoms with Gasteiger partial charge in [-0.3, -0.25) is 18.4 Å². The molecule has 1 fully saturated rings. The van der Waals surface area contributed by atoms with E-state index < -0.39 is 17.7 Å². The van der Waals surface area contributed by atoms with Gasteiger partial charge in [-0.25, -0.2) is 4.98 Å². The maximum Gasteiger partial charge on any atom is 2.00 e. The van der Waals surface area contributed by atoms with E-state index >= 15 is 0 Å². The normalized spacial score (nSPS) is 12.8. The summed E-state index contributed by atoms with van der Waals surface area (Å²) in [5.41, 5.74) is 14.2. The van der Waals surface area contributed by atoms with E-state index in [-0.39, 0.29) is 151 Å². The van der Waals surface area contributed by atoms with Crippen LogP contribution in [0.15, 0.2) is 101 Å². The summed E-state index contributed by atoms with van der Waals surface area (Å²) in [4.78, 5) is 35.5. The van der Waals surface area contributed by atoms with E-state index in [9.17, 15) is 14.7 Å². The summed E-state index contributed by atoms with van der Waals surface area (Å²) in [6.07, 6.45) is 1.66. The molecule has 66 heavy (non-hydrogen) atoms. The summed E-state index contributed by atoms with van der Waals surface area (Å²) in [6, 6.07) is 25.9. The number of aromatic nitrogens is 4. The molecule has 0 saturated carbocycles. The van der Waals surface area contributed by atoms with Crippen molar-refractivity contribution in [3.8, 4) is 50.4 Å². The Morgan fingerprint density at radius 3 is 2.21 bits per heavy atom. The first-order chi connectivity index (χ1) is 29.9. The number of nitrogens with zero attached hydrogens (tertiary/aromatic N) is 6. The van der Waals surface area contributed by atoms with Gasteiger partial charge in [0, 0.05) is 47.8 Å². The molecule has 1 aliphatic heterocycles. The van der Waals surface area contributed by atoms with Crippen molar-refractivity contribution in [3.05, 3.63) is 147 Å². The minimum Gasteiger partial charge on any atom is -0.507 e. The second kappa shape index (κ2) is 27.5. The summed E-state index contributed by atoms with van der Waals surface area (Å²) in [5, 5.41) is 25.8. The number of nitrogens with one attached hydrogen (secondary N) is 1. The number of thiazole rings is 1. The number of piperidine rings is 1. The second-order valence-electron chi connectivity index (χ2n) is 15.2. The topological polar surface area (TPSA) is 164 Å². The fourth-order valence-electron chi connectivity index (χ4n) is 7.20. The van der Waals surface area contributed by atoms with Crippen LogP contribution in [0.2, 0.25) is 0 Å². The van der Waals surface area contributed by atoms with Crippen molar-refractivity contribution in [3.63, 3.8) is 0 Å². The summed E-state index contributed by atoms with van der Waals surface area (Å²) < 4.78 is 5.76. The van der Waals surface area contributed by atoms with Gasteiger partial charge in [-0.15, -0.1) is 27.2 Å². The van der Waals surface area contributed by atoms with Gasteiger partial charge in [0.1, 0.15) is 11.7 Å². The average Bonchev–Trinajstić information content (AvgIpc) is 3.96. The molecule has 3 aromatic heterocycles. The van der Waals surface area contributed by atoms with E-state index in [1.54, 1.807) is 35.6 Å². The molecule has 2 unspecified atom stereocenters. The molecule has 3 aromatic carbocycles. The number of nitrogens with two attached hydrogens (primary N) is 1. The number of amides is 2. The van der Waals surface area contributed by atoms with E-state index in [1.807, 2.05) is 108 Å². The van der Waals surface area contributed by atoms with Gasteiger partial charge in [-0.2, -0.15) is 0 Å². The number of anilines is 2. The zero-order chi connectivity index (χ0) is 44.5. The maximum absolute atomic E-state index is 13.8. The Balaban J connectivity index is 0.00000246. The van der Waals surface area contributed by atoms with Gasteiger partial charge in [-0.05, 0) is 79.6 Å². The zero-order valence-corrected chi connectivity index (χ0v) is 48.9. The van der Waals surface area contributed by atoms with Crippen LogP contribution in [0.5, 0.6) is 5.75 Å². The van der Waals surface area contributed by atoms with Crippen molar-refractivity contribution in [2.45, 2.75) is 66.3 Å².